The number of halogens is 1. The summed E-state index contributed by atoms with van der Waals surface area (Å²) in [5.41, 5.74) is 7.47. The Morgan fingerprint density at radius 1 is 1.27 bits per heavy atom. The number of rotatable bonds is 6. The molecular weight excluding hydrogens is 331 g/mol. The zero-order valence-corrected chi connectivity index (χ0v) is 15.0. The predicted molar refractivity (Wildman–Crippen MR) is 99.1 cm³/mol. The summed E-state index contributed by atoms with van der Waals surface area (Å²) in [6.07, 6.45) is 3.24. The number of hydrogen-bond donors (Lipinski definition) is 1. The fourth-order valence-electron chi connectivity index (χ4n) is 3.52. The molecule has 0 aromatic heterocycles. The second-order valence-electron chi connectivity index (χ2n) is 6.82. The molecule has 2 aromatic rings. The van der Waals surface area contributed by atoms with Crippen LogP contribution in [0.2, 0.25) is 0 Å². The number of carbonyl (C=O) groups excluding carboxylic acids is 1. The molecule has 4 nitrogen and oxygen atoms in total. The molecule has 2 N–H and O–H groups in total. The molecule has 1 saturated heterocycles. The van der Waals surface area contributed by atoms with E-state index in [4.69, 9.17) is 10.5 Å². The van der Waals surface area contributed by atoms with Crippen molar-refractivity contribution in [2.45, 2.75) is 44.9 Å². The monoisotopic (exact) mass is 356 g/mol. The van der Waals surface area contributed by atoms with E-state index in [1.165, 1.54) is 12.1 Å². The van der Waals surface area contributed by atoms with Crippen LogP contribution in [0.25, 0.3) is 0 Å². The highest BCUT2D eigenvalue weighted by Crippen LogP contribution is 2.33. The summed E-state index contributed by atoms with van der Waals surface area (Å²) in [4.78, 5) is 13.8. The fourth-order valence-corrected chi connectivity index (χ4v) is 3.52. The van der Waals surface area contributed by atoms with E-state index in [1.54, 1.807) is 6.07 Å². The van der Waals surface area contributed by atoms with Crippen molar-refractivity contribution in [2.75, 3.05) is 6.54 Å². The summed E-state index contributed by atoms with van der Waals surface area (Å²) in [7, 11) is 0. The molecule has 0 radical (unpaired) electrons. The van der Waals surface area contributed by atoms with Gasteiger partial charge in [-0.05, 0) is 61.7 Å². The van der Waals surface area contributed by atoms with Crippen LogP contribution < -0.4 is 10.5 Å². The maximum atomic E-state index is 13.2. The number of nitrogens with zero attached hydrogens (tertiary/aromatic N) is 1. The number of ether oxygens (including phenoxy) is 1. The summed E-state index contributed by atoms with van der Waals surface area (Å²) < 4.78 is 19.0. The number of piperidine rings is 1. The molecule has 3 rings (SSSR count). The van der Waals surface area contributed by atoms with Gasteiger partial charge in [0.05, 0.1) is 6.04 Å². The van der Waals surface area contributed by atoms with Gasteiger partial charge in [-0.25, -0.2) is 4.39 Å². The van der Waals surface area contributed by atoms with Crippen molar-refractivity contribution in [3.8, 4) is 5.75 Å². The van der Waals surface area contributed by atoms with Gasteiger partial charge in [-0.3, -0.25) is 9.69 Å². The lowest BCUT2D eigenvalue weighted by molar-refractivity contribution is -0.124. The molecule has 1 aliphatic rings. The van der Waals surface area contributed by atoms with Gasteiger partial charge in [-0.2, -0.15) is 0 Å². The van der Waals surface area contributed by atoms with Crippen molar-refractivity contribution >= 4 is 5.91 Å². The van der Waals surface area contributed by atoms with Gasteiger partial charge < -0.3 is 10.5 Å². The molecule has 1 amide bonds. The predicted octanol–water partition coefficient (Wildman–Crippen LogP) is 3.81. The average molecular weight is 356 g/mol. The van der Waals surface area contributed by atoms with Gasteiger partial charge in [-0.15, -0.1) is 0 Å². The molecule has 2 atom stereocenters. The van der Waals surface area contributed by atoms with Gasteiger partial charge in [0.15, 0.2) is 0 Å². The molecule has 1 aliphatic heterocycles. The van der Waals surface area contributed by atoms with E-state index in [1.807, 2.05) is 37.3 Å². The first-order valence-electron chi connectivity index (χ1n) is 9.07. The SMILES string of the molecule is C[C@@H](C(N)=O)N1CCCCC1c1ccc(OCc2cccc(F)c2)cc1. The van der Waals surface area contributed by atoms with Crippen LogP contribution in [-0.4, -0.2) is 23.4 Å². The van der Waals surface area contributed by atoms with Crippen LogP contribution in [0.3, 0.4) is 0 Å². The number of nitrogens with two attached hydrogens (primary N) is 1. The quantitative estimate of drug-likeness (QED) is 0.856. The fraction of sp³-hybridized carbons (Fsp3) is 0.381. The minimum absolute atomic E-state index is 0.198. The lowest BCUT2D eigenvalue weighted by Crippen LogP contribution is -2.46. The van der Waals surface area contributed by atoms with E-state index in [-0.39, 0.29) is 23.8 Å². The molecule has 1 unspecified atom stereocenters. The molecule has 1 heterocycles. The minimum atomic E-state index is -0.285. The van der Waals surface area contributed by atoms with Crippen LogP contribution in [0.5, 0.6) is 5.75 Å². The summed E-state index contributed by atoms with van der Waals surface area (Å²) in [5.74, 6) is 0.192. The van der Waals surface area contributed by atoms with Crippen LogP contribution in [0, 0.1) is 5.82 Å². The lowest BCUT2D eigenvalue weighted by atomic mass is 9.93. The number of benzene rings is 2. The van der Waals surface area contributed by atoms with Crippen LogP contribution >= 0.6 is 0 Å². The maximum absolute atomic E-state index is 13.2. The van der Waals surface area contributed by atoms with Crippen LogP contribution in [0.4, 0.5) is 4.39 Å². The molecule has 138 valence electrons. The van der Waals surface area contributed by atoms with Gasteiger partial charge in [0.1, 0.15) is 18.2 Å². The molecular formula is C21H25FN2O2. The lowest BCUT2D eigenvalue weighted by Gasteiger charge is -2.39. The Balaban J connectivity index is 1.67. The molecule has 0 bridgehead atoms. The van der Waals surface area contributed by atoms with Crippen molar-refractivity contribution < 1.29 is 13.9 Å². The van der Waals surface area contributed by atoms with Crippen LogP contribution in [0.1, 0.15) is 43.4 Å². The highest BCUT2D eigenvalue weighted by molar-refractivity contribution is 5.79. The third-order valence-electron chi connectivity index (χ3n) is 5.01. The van der Waals surface area contributed by atoms with E-state index in [0.717, 1.165) is 42.7 Å². The third kappa shape index (κ3) is 4.41. The van der Waals surface area contributed by atoms with Gasteiger partial charge in [0.2, 0.25) is 5.91 Å². The smallest absolute Gasteiger partial charge is 0.234 e. The second kappa shape index (κ2) is 8.32. The summed E-state index contributed by atoms with van der Waals surface area (Å²) in [6, 6.07) is 14.3. The third-order valence-corrected chi connectivity index (χ3v) is 5.01. The van der Waals surface area contributed by atoms with Crippen LogP contribution in [0.15, 0.2) is 48.5 Å². The van der Waals surface area contributed by atoms with Gasteiger partial charge in [0.25, 0.3) is 0 Å². The Bertz CT molecular complexity index is 748. The first-order valence-corrected chi connectivity index (χ1v) is 9.07. The first-order chi connectivity index (χ1) is 12.5. The Hall–Kier alpha value is -2.40. The summed E-state index contributed by atoms with van der Waals surface area (Å²) in [6.45, 7) is 3.08. The van der Waals surface area contributed by atoms with Crippen molar-refractivity contribution in [2.24, 2.45) is 5.73 Å². The maximum Gasteiger partial charge on any atom is 0.234 e. The van der Waals surface area contributed by atoms with Crippen LogP contribution in [-0.2, 0) is 11.4 Å². The molecule has 0 spiro atoms. The van der Waals surface area contributed by atoms with E-state index >= 15 is 0 Å². The van der Waals surface area contributed by atoms with Gasteiger partial charge >= 0.3 is 0 Å². The highest BCUT2D eigenvalue weighted by Gasteiger charge is 2.30. The second-order valence-corrected chi connectivity index (χ2v) is 6.82. The Labute approximate surface area is 153 Å². The van der Waals surface area contributed by atoms with Crippen molar-refractivity contribution in [3.63, 3.8) is 0 Å². The van der Waals surface area contributed by atoms with E-state index in [9.17, 15) is 9.18 Å². The van der Waals surface area contributed by atoms with Gasteiger partial charge in [0, 0.05) is 6.04 Å². The zero-order valence-electron chi connectivity index (χ0n) is 15.0. The summed E-state index contributed by atoms with van der Waals surface area (Å²) in [5, 5.41) is 0. The molecule has 5 heteroatoms. The molecule has 0 saturated carbocycles. The number of primary amides is 1. The van der Waals surface area contributed by atoms with Crippen molar-refractivity contribution in [3.05, 3.63) is 65.5 Å². The standard InChI is InChI=1S/C21H25FN2O2/c1-15(21(23)25)24-12-3-2-7-20(24)17-8-10-19(11-9-17)26-14-16-5-4-6-18(22)13-16/h4-6,8-11,13,15,20H,2-3,7,12,14H2,1H3,(H2,23,25)/t15-,20?/m0/s1. The molecule has 2 aromatic carbocycles. The first kappa shape index (κ1) is 18.4. The average Bonchev–Trinajstić information content (AvgIpc) is 2.66. The van der Waals surface area contributed by atoms with Crippen molar-refractivity contribution in [1.29, 1.82) is 0 Å². The van der Waals surface area contributed by atoms with Crippen molar-refractivity contribution in [1.82, 2.24) is 4.90 Å². The topological polar surface area (TPSA) is 55.6 Å². The number of likely N-dealkylation sites (tertiary alicyclic amines) is 1. The molecule has 1 fully saturated rings. The molecule has 26 heavy (non-hydrogen) atoms. The zero-order chi connectivity index (χ0) is 18.5. The number of carbonyl (C=O) groups is 1. The van der Waals surface area contributed by atoms with E-state index in [2.05, 4.69) is 4.90 Å². The number of hydrogen-bond acceptors (Lipinski definition) is 3. The molecule has 0 aliphatic carbocycles. The normalized spacial score (nSPS) is 19.1. The Morgan fingerprint density at radius 2 is 2.04 bits per heavy atom. The van der Waals surface area contributed by atoms with E-state index in [0.29, 0.717) is 6.61 Å². The minimum Gasteiger partial charge on any atom is -0.489 e. The summed E-state index contributed by atoms with van der Waals surface area (Å²) >= 11 is 0. The number of amides is 1. The highest BCUT2D eigenvalue weighted by atomic mass is 19.1. The Kier molecular flexibility index (Phi) is 5.89. The van der Waals surface area contributed by atoms with E-state index < -0.39 is 0 Å². The largest absolute Gasteiger partial charge is 0.489 e. The van der Waals surface area contributed by atoms with Gasteiger partial charge in [-0.1, -0.05) is 30.7 Å². The Morgan fingerprint density at radius 3 is 2.73 bits per heavy atom.